The zero-order valence-corrected chi connectivity index (χ0v) is 14.9. The van der Waals surface area contributed by atoms with Crippen LogP contribution in [0.3, 0.4) is 0 Å². The summed E-state index contributed by atoms with van der Waals surface area (Å²) in [5, 5.41) is 3.65. The zero-order valence-electron chi connectivity index (χ0n) is 14.9. The highest BCUT2D eigenvalue weighted by molar-refractivity contribution is 5.46. The van der Waals surface area contributed by atoms with Crippen molar-refractivity contribution < 1.29 is 0 Å². The molecule has 0 heterocycles. The molecule has 1 aromatic carbocycles. The number of benzene rings is 1. The number of para-hydroxylation sites is 1. The minimum atomic E-state index is 0.179. The van der Waals surface area contributed by atoms with Crippen molar-refractivity contribution in [2.45, 2.75) is 59.9 Å². The summed E-state index contributed by atoms with van der Waals surface area (Å²) >= 11 is 0. The molecule has 2 heteroatoms. The highest BCUT2D eigenvalue weighted by atomic mass is 15.1. The third-order valence-electron chi connectivity index (χ3n) is 3.62. The lowest BCUT2D eigenvalue weighted by Gasteiger charge is -2.36. The normalized spacial score (nSPS) is 12.5. The first-order valence-electron chi connectivity index (χ1n) is 8.28. The summed E-state index contributed by atoms with van der Waals surface area (Å²) in [5.41, 5.74) is 1.77. The Balaban J connectivity index is 2.71. The van der Waals surface area contributed by atoms with Crippen LogP contribution in [-0.2, 0) is 0 Å². The molecule has 0 aliphatic heterocycles. The van der Waals surface area contributed by atoms with E-state index in [2.05, 4.69) is 82.1 Å². The molecule has 0 radical (unpaired) electrons. The third kappa shape index (κ3) is 7.52. The molecule has 1 aromatic rings. The Hall–Kier alpha value is -1.02. The van der Waals surface area contributed by atoms with Crippen molar-refractivity contribution in [1.82, 2.24) is 5.32 Å². The summed E-state index contributed by atoms with van der Waals surface area (Å²) in [5.74, 6) is 0. The van der Waals surface area contributed by atoms with E-state index in [1.54, 1.807) is 0 Å². The second kappa shape index (κ2) is 7.84. The van der Waals surface area contributed by atoms with Gasteiger partial charge in [0, 0.05) is 30.9 Å². The van der Waals surface area contributed by atoms with Crippen LogP contribution in [0.25, 0.3) is 0 Å². The van der Waals surface area contributed by atoms with Gasteiger partial charge in [-0.2, -0.15) is 0 Å². The van der Waals surface area contributed by atoms with Crippen LogP contribution in [-0.4, -0.2) is 25.2 Å². The first kappa shape index (κ1) is 18.0. The second-order valence-electron chi connectivity index (χ2n) is 7.88. The Bertz CT molecular complexity index is 390. The molecule has 0 bridgehead atoms. The first-order chi connectivity index (χ1) is 9.73. The predicted molar refractivity (Wildman–Crippen MR) is 95.1 cm³/mol. The van der Waals surface area contributed by atoms with E-state index in [9.17, 15) is 0 Å². The molecule has 0 spiro atoms. The number of unbranched alkanes of at least 4 members (excludes halogenated alkanes) is 1. The molecule has 120 valence electrons. The van der Waals surface area contributed by atoms with Crippen molar-refractivity contribution in [1.29, 1.82) is 0 Å². The lowest BCUT2D eigenvalue weighted by atomic mass is 9.91. The Labute approximate surface area is 131 Å². The quantitative estimate of drug-likeness (QED) is 0.746. The van der Waals surface area contributed by atoms with Crippen LogP contribution in [0.4, 0.5) is 5.69 Å². The van der Waals surface area contributed by atoms with Crippen LogP contribution < -0.4 is 10.2 Å². The maximum Gasteiger partial charge on any atom is 0.0366 e. The molecule has 0 saturated carbocycles. The van der Waals surface area contributed by atoms with Gasteiger partial charge in [0.2, 0.25) is 0 Å². The smallest absolute Gasteiger partial charge is 0.0366 e. The summed E-state index contributed by atoms with van der Waals surface area (Å²) in [6.45, 7) is 16.9. The van der Waals surface area contributed by atoms with Crippen molar-refractivity contribution in [3.63, 3.8) is 0 Å². The van der Waals surface area contributed by atoms with Gasteiger partial charge in [0.25, 0.3) is 0 Å². The zero-order chi connectivity index (χ0) is 15.9. The summed E-state index contributed by atoms with van der Waals surface area (Å²) in [6.07, 6.45) is 2.49. The molecular formula is C19H34N2. The van der Waals surface area contributed by atoms with Crippen LogP contribution in [0.15, 0.2) is 30.3 Å². The van der Waals surface area contributed by atoms with Gasteiger partial charge >= 0.3 is 0 Å². The van der Waals surface area contributed by atoms with Gasteiger partial charge in [-0.15, -0.1) is 0 Å². The Morgan fingerprint density at radius 1 is 1.00 bits per heavy atom. The Morgan fingerprint density at radius 2 is 1.62 bits per heavy atom. The van der Waals surface area contributed by atoms with Gasteiger partial charge in [0.1, 0.15) is 0 Å². The minimum absolute atomic E-state index is 0.179. The van der Waals surface area contributed by atoms with Crippen LogP contribution in [0, 0.1) is 5.41 Å². The molecule has 1 rings (SSSR count). The fourth-order valence-corrected chi connectivity index (χ4v) is 2.36. The molecule has 0 saturated heterocycles. The van der Waals surface area contributed by atoms with Crippen LogP contribution in [0.1, 0.15) is 54.4 Å². The summed E-state index contributed by atoms with van der Waals surface area (Å²) in [7, 11) is 0. The average molecular weight is 290 g/mol. The number of hydrogen-bond donors (Lipinski definition) is 1. The van der Waals surface area contributed by atoms with Gasteiger partial charge in [0.05, 0.1) is 0 Å². The second-order valence-corrected chi connectivity index (χ2v) is 7.88. The fraction of sp³-hybridized carbons (Fsp3) is 0.684. The number of nitrogens with zero attached hydrogens (tertiary/aromatic N) is 1. The van der Waals surface area contributed by atoms with E-state index < -0.39 is 0 Å². The van der Waals surface area contributed by atoms with E-state index in [-0.39, 0.29) is 11.0 Å². The monoisotopic (exact) mass is 290 g/mol. The highest BCUT2D eigenvalue weighted by Crippen LogP contribution is 2.23. The number of rotatable bonds is 8. The van der Waals surface area contributed by atoms with Crippen LogP contribution in [0.5, 0.6) is 0 Å². The first-order valence-corrected chi connectivity index (χ1v) is 8.28. The molecule has 0 atom stereocenters. The largest absolute Gasteiger partial charge is 0.371 e. The molecule has 21 heavy (non-hydrogen) atoms. The molecule has 0 amide bonds. The maximum atomic E-state index is 3.65. The van der Waals surface area contributed by atoms with Gasteiger partial charge in [-0.25, -0.2) is 0 Å². The van der Waals surface area contributed by atoms with E-state index in [0.717, 1.165) is 19.6 Å². The Kier molecular flexibility index (Phi) is 6.73. The molecule has 0 aromatic heterocycles. The summed E-state index contributed by atoms with van der Waals surface area (Å²) in [4.78, 5) is 2.54. The SMILES string of the molecule is CCCCN(CC(C)(C)CNC(C)(C)C)c1ccccc1. The van der Waals surface area contributed by atoms with Gasteiger partial charge in [0.15, 0.2) is 0 Å². The average Bonchev–Trinajstić information content (AvgIpc) is 2.42. The van der Waals surface area contributed by atoms with Gasteiger partial charge in [-0.05, 0) is 44.7 Å². The lowest BCUT2D eigenvalue weighted by Crippen LogP contribution is -2.46. The van der Waals surface area contributed by atoms with Gasteiger partial charge in [-0.3, -0.25) is 0 Å². The minimum Gasteiger partial charge on any atom is -0.371 e. The van der Waals surface area contributed by atoms with Crippen molar-refractivity contribution in [2.75, 3.05) is 24.5 Å². The van der Waals surface area contributed by atoms with Crippen molar-refractivity contribution >= 4 is 5.69 Å². The number of nitrogens with one attached hydrogen (secondary N) is 1. The molecule has 1 N–H and O–H groups in total. The van der Waals surface area contributed by atoms with E-state index in [0.29, 0.717) is 0 Å². The topological polar surface area (TPSA) is 15.3 Å². The van der Waals surface area contributed by atoms with Crippen LogP contribution >= 0.6 is 0 Å². The molecule has 0 aliphatic carbocycles. The van der Waals surface area contributed by atoms with E-state index in [1.807, 2.05) is 0 Å². The Morgan fingerprint density at radius 3 is 2.14 bits per heavy atom. The van der Waals surface area contributed by atoms with E-state index >= 15 is 0 Å². The molecule has 0 fully saturated rings. The number of anilines is 1. The summed E-state index contributed by atoms with van der Waals surface area (Å²) in [6, 6.07) is 10.8. The molecule has 0 aliphatic rings. The molecular weight excluding hydrogens is 256 g/mol. The van der Waals surface area contributed by atoms with Crippen molar-refractivity contribution in [3.05, 3.63) is 30.3 Å². The molecule has 0 unspecified atom stereocenters. The van der Waals surface area contributed by atoms with Crippen LogP contribution in [0.2, 0.25) is 0 Å². The lowest BCUT2D eigenvalue weighted by molar-refractivity contribution is 0.292. The fourth-order valence-electron chi connectivity index (χ4n) is 2.36. The molecule has 2 nitrogen and oxygen atoms in total. The number of hydrogen-bond acceptors (Lipinski definition) is 2. The third-order valence-corrected chi connectivity index (χ3v) is 3.62. The predicted octanol–water partition coefficient (Wildman–Crippen LogP) is 4.71. The standard InChI is InChI=1S/C19H34N2/c1-7-8-14-21(17-12-10-9-11-13-17)16-19(5,6)15-20-18(2,3)4/h9-13,20H,7-8,14-16H2,1-6H3. The maximum absolute atomic E-state index is 3.65. The van der Waals surface area contributed by atoms with Crippen molar-refractivity contribution in [2.24, 2.45) is 5.41 Å². The van der Waals surface area contributed by atoms with E-state index in [4.69, 9.17) is 0 Å². The summed E-state index contributed by atoms with van der Waals surface area (Å²) < 4.78 is 0. The van der Waals surface area contributed by atoms with Gasteiger partial charge < -0.3 is 10.2 Å². The van der Waals surface area contributed by atoms with Gasteiger partial charge in [-0.1, -0.05) is 45.4 Å². The highest BCUT2D eigenvalue weighted by Gasteiger charge is 2.24. The van der Waals surface area contributed by atoms with E-state index in [1.165, 1.54) is 18.5 Å². The van der Waals surface area contributed by atoms with Crippen molar-refractivity contribution in [3.8, 4) is 0 Å².